The summed E-state index contributed by atoms with van der Waals surface area (Å²) < 4.78 is 4.96. The first-order valence-corrected chi connectivity index (χ1v) is 4.60. The van der Waals surface area contributed by atoms with E-state index < -0.39 is 11.9 Å². The fraction of sp³-hybridized carbons (Fsp3) is 0. The largest absolute Gasteiger partial charge is 0.478 e. The van der Waals surface area contributed by atoms with Crippen LogP contribution in [0.4, 0.5) is 0 Å². The Morgan fingerprint density at radius 2 is 1.94 bits per heavy atom. The van der Waals surface area contributed by atoms with Gasteiger partial charge in [-0.1, -0.05) is 6.07 Å². The van der Waals surface area contributed by atoms with Crippen LogP contribution in [-0.4, -0.2) is 27.1 Å². The predicted molar refractivity (Wildman–Crippen MR) is 55.9 cm³/mol. The smallest absolute Gasteiger partial charge is 0.357 e. The number of nitrogens with zero attached hydrogens (tertiary/aromatic N) is 1. The molecule has 0 aliphatic heterocycles. The van der Waals surface area contributed by atoms with Gasteiger partial charge in [0.2, 0.25) is 5.89 Å². The van der Waals surface area contributed by atoms with Gasteiger partial charge in [0.05, 0.1) is 5.56 Å². The van der Waals surface area contributed by atoms with Gasteiger partial charge >= 0.3 is 11.9 Å². The molecule has 0 saturated heterocycles. The first-order valence-electron chi connectivity index (χ1n) is 4.60. The van der Waals surface area contributed by atoms with Crippen LogP contribution in [0.15, 0.2) is 34.9 Å². The van der Waals surface area contributed by atoms with E-state index in [-0.39, 0.29) is 17.1 Å². The maximum absolute atomic E-state index is 10.8. The summed E-state index contributed by atoms with van der Waals surface area (Å²) in [6, 6.07) is 5.90. The molecular formula is C11H7NO5. The van der Waals surface area contributed by atoms with Gasteiger partial charge in [-0.25, -0.2) is 14.6 Å². The molecule has 86 valence electrons. The Labute approximate surface area is 95.1 Å². The fourth-order valence-corrected chi connectivity index (χ4v) is 1.29. The lowest BCUT2D eigenvalue weighted by Gasteiger charge is -1.97. The van der Waals surface area contributed by atoms with Gasteiger partial charge in [-0.2, -0.15) is 0 Å². The SMILES string of the molecule is O=C(O)c1cccc(-c2nc(C(=O)O)co2)c1. The van der Waals surface area contributed by atoms with E-state index >= 15 is 0 Å². The van der Waals surface area contributed by atoms with Gasteiger partial charge < -0.3 is 14.6 Å². The van der Waals surface area contributed by atoms with Crippen LogP contribution in [0.3, 0.4) is 0 Å². The second-order valence-corrected chi connectivity index (χ2v) is 3.23. The zero-order chi connectivity index (χ0) is 12.4. The third-order valence-electron chi connectivity index (χ3n) is 2.08. The molecule has 1 heterocycles. The third kappa shape index (κ3) is 2.15. The molecule has 0 spiro atoms. The molecular weight excluding hydrogens is 226 g/mol. The Balaban J connectivity index is 2.42. The normalized spacial score (nSPS) is 10.1. The Morgan fingerprint density at radius 3 is 2.53 bits per heavy atom. The van der Waals surface area contributed by atoms with Crippen LogP contribution in [0, 0.1) is 0 Å². The standard InChI is InChI=1S/C11H7NO5/c13-10(14)7-3-1-2-6(4-7)9-12-8(5-17-9)11(15)16/h1-5H,(H,13,14)(H,15,16). The molecule has 0 aliphatic carbocycles. The molecule has 0 amide bonds. The number of rotatable bonds is 3. The van der Waals surface area contributed by atoms with Gasteiger partial charge in [0.15, 0.2) is 5.69 Å². The number of oxazole rings is 1. The first kappa shape index (κ1) is 10.9. The average molecular weight is 233 g/mol. The highest BCUT2D eigenvalue weighted by Crippen LogP contribution is 2.19. The van der Waals surface area contributed by atoms with Gasteiger partial charge in [-0.05, 0) is 18.2 Å². The summed E-state index contributed by atoms with van der Waals surface area (Å²) in [7, 11) is 0. The minimum atomic E-state index is -1.20. The maximum Gasteiger partial charge on any atom is 0.357 e. The highest BCUT2D eigenvalue weighted by Gasteiger charge is 2.13. The van der Waals surface area contributed by atoms with E-state index in [0.29, 0.717) is 5.56 Å². The molecule has 0 aliphatic rings. The molecule has 0 bridgehead atoms. The molecule has 0 fully saturated rings. The molecule has 1 aromatic carbocycles. The summed E-state index contributed by atoms with van der Waals surface area (Å²) in [5, 5.41) is 17.5. The zero-order valence-electron chi connectivity index (χ0n) is 8.45. The van der Waals surface area contributed by atoms with E-state index in [0.717, 1.165) is 6.26 Å². The van der Waals surface area contributed by atoms with Crippen molar-refractivity contribution in [3.63, 3.8) is 0 Å². The highest BCUT2D eigenvalue weighted by atomic mass is 16.4. The van der Waals surface area contributed by atoms with E-state index in [2.05, 4.69) is 4.98 Å². The van der Waals surface area contributed by atoms with Crippen LogP contribution in [0.25, 0.3) is 11.5 Å². The van der Waals surface area contributed by atoms with Gasteiger partial charge in [0, 0.05) is 5.56 Å². The number of hydrogen-bond donors (Lipinski definition) is 2. The Hall–Kier alpha value is -2.63. The van der Waals surface area contributed by atoms with E-state index in [4.69, 9.17) is 14.6 Å². The van der Waals surface area contributed by atoms with Crippen molar-refractivity contribution < 1.29 is 24.2 Å². The molecule has 17 heavy (non-hydrogen) atoms. The Morgan fingerprint density at radius 1 is 1.18 bits per heavy atom. The van der Waals surface area contributed by atoms with Crippen LogP contribution in [0.5, 0.6) is 0 Å². The summed E-state index contributed by atoms with van der Waals surface area (Å²) in [5.74, 6) is -2.20. The minimum absolute atomic E-state index is 0.0745. The third-order valence-corrected chi connectivity index (χ3v) is 2.08. The number of hydrogen-bond acceptors (Lipinski definition) is 4. The van der Waals surface area contributed by atoms with Crippen molar-refractivity contribution in [1.29, 1.82) is 0 Å². The van der Waals surface area contributed by atoms with Crippen molar-refractivity contribution in [2.45, 2.75) is 0 Å². The molecule has 1 aromatic heterocycles. The summed E-state index contributed by atoms with van der Waals surface area (Å²) in [5.41, 5.74) is 0.274. The van der Waals surface area contributed by atoms with Gasteiger partial charge in [-0.3, -0.25) is 0 Å². The number of carbonyl (C=O) groups is 2. The second kappa shape index (κ2) is 4.09. The Bertz CT molecular complexity index is 587. The second-order valence-electron chi connectivity index (χ2n) is 3.23. The van der Waals surface area contributed by atoms with Gasteiger partial charge in [0.25, 0.3) is 0 Å². The van der Waals surface area contributed by atoms with E-state index in [1.165, 1.54) is 18.2 Å². The molecule has 2 N–H and O–H groups in total. The van der Waals surface area contributed by atoms with E-state index in [9.17, 15) is 9.59 Å². The summed E-state index contributed by atoms with van der Waals surface area (Å²) in [6.07, 6.45) is 1.01. The number of carboxylic acid groups (broad SMARTS) is 2. The molecule has 0 atom stereocenters. The lowest BCUT2D eigenvalue weighted by atomic mass is 10.1. The highest BCUT2D eigenvalue weighted by molar-refractivity contribution is 5.89. The van der Waals surface area contributed by atoms with Crippen LogP contribution in [-0.2, 0) is 0 Å². The number of aromatic carboxylic acids is 2. The average Bonchev–Trinajstić information content (AvgIpc) is 2.78. The van der Waals surface area contributed by atoms with Crippen LogP contribution in [0.2, 0.25) is 0 Å². The predicted octanol–water partition coefficient (Wildman–Crippen LogP) is 1.74. The summed E-state index contributed by atoms with van der Waals surface area (Å²) in [4.78, 5) is 25.1. The fourth-order valence-electron chi connectivity index (χ4n) is 1.29. The van der Waals surface area contributed by atoms with Crippen molar-refractivity contribution in [3.05, 3.63) is 41.8 Å². The van der Waals surface area contributed by atoms with Crippen LogP contribution >= 0.6 is 0 Å². The van der Waals surface area contributed by atoms with E-state index in [1.54, 1.807) is 6.07 Å². The number of carboxylic acids is 2. The minimum Gasteiger partial charge on any atom is -0.478 e. The van der Waals surface area contributed by atoms with Crippen molar-refractivity contribution in [1.82, 2.24) is 4.98 Å². The molecule has 0 unspecified atom stereocenters. The summed E-state index contributed by atoms with van der Waals surface area (Å²) >= 11 is 0. The lowest BCUT2D eigenvalue weighted by Crippen LogP contribution is -1.97. The van der Waals surface area contributed by atoms with Crippen molar-refractivity contribution >= 4 is 11.9 Å². The van der Waals surface area contributed by atoms with Crippen molar-refractivity contribution in [2.24, 2.45) is 0 Å². The summed E-state index contributed by atoms with van der Waals surface area (Å²) in [6.45, 7) is 0. The van der Waals surface area contributed by atoms with Gasteiger partial charge in [0.1, 0.15) is 6.26 Å². The molecule has 0 saturated carbocycles. The number of aromatic nitrogens is 1. The van der Waals surface area contributed by atoms with Crippen LogP contribution < -0.4 is 0 Å². The molecule has 6 nitrogen and oxygen atoms in total. The van der Waals surface area contributed by atoms with Crippen molar-refractivity contribution in [2.75, 3.05) is 0 Å². The quantitative estimate of drug-likeness (QED) is 0.837. The zero-order valence-corrected chi connectivity index (χ0v) is 8.45. The Kier molecular flexibility index (Phi) is 2.61. The molecule has 2 aromatic rings. The topological polar surface area (TPSA) is 101 Å². The van der Waals surface area contributed by atoms with Crippen molar-refractivity contribution in [3.8, 4) is 11.5 Å². The monoisotopic (exact) mass is 233 g/mol. The maximum atomic E-state index is 10.8. The molecule has 0 radical (unpaired) electrons. The van der Waals surface area contributed by atoms with Crippen LogP contribution in [0.1, 0.15) is 20.8 Å². The van der Waals surface area contributed by atoms with E-state index in [1.807, 2.05) is 0 Å². The number of benzene rings is 1. The molecule has 2 rings (SSSR count). The lowest BCUT2D eigenvalue weighted by molar-refractivity contribution is 0.0682. The van der Waals surface area contributed by atoms with Gasteiger partial charge in [-0.15, -0.1) is 0 Å². The molecule has 6 heteroatoms. The first-order chi connectivity index (χ1) is 8.08.